The van der Waals surface area contributed by atoms with E-state index in [9.17, 15) is 9.59 Å². The first kappa shape index (κ1) is 31.8. The molecule has 1 amide bonds. The summed E-state index contributed by atoms with van der Waals surface area (Å²) >= 11 is 0. The molecule has 0 aliphatic carbocycles. The minimum Gasteiger partial charge on any atom is -0.407 e. The Morgan fingerprint density at radius 2 is 1.97 bits per heavy atom. The van der Waals surface area contributed by atoms with Crippen LogP contribution < -0.4 is 11.0 Å². The van der Waals surface area contributed by atoms with Crippen molar-refractivity contribution >= 4 is 28.6 Å². The molecular formula is C26H46N5O6PSi. The number of amides is 1. The Labute approximate surface area is 236 Å². The molecule has 0 bridgehead atoms. The van der Waals surface area contributed by atoms with Crippen LogP contribution in [-0.4, -0.2) is 65.4 Å². The van der Waals surface area contributed by atoms with Crippen molar-refractivity contribution in [3.8, 4) is 6.07 Å². The smallest absolute Gasteiger partial charge is 0.351 e. The Balaban J connectivity index is 2.59. The minimum absolute atomic E-state index is 0.0775. The normalized spacial score (nSPS) is 23.2. The molecule has 1 N–H and O–H groups in total. The van der Waals surface area contributed by atoms with Crippen molar-refractivity contribution in [2.45, 2.75) is 123 Å². The Hall–Kier alpha value is -1.71. The number of nitriles is 1. The second kappa shape index (κ2) is 13.8. The fourth-order valence-electron chi connectivity index (χ4n) is 3.96. The topological polar surface area (TPSA) is 128 Å². The molecule has 2 heterocycles. The van der Waals surface area contributed by atoms with Gasteiger partial charge in [-0.1, -0.05) is 20.8 Å². The molecule has 1 saturated heterocycles. The molecule has 1 aliphatic heterocycles. The Kier molecular flexibility index (Phi) is 11.2. The number of aromatic nitrogens is 2. The van der Waals surface area contributed by atoms with E-state index in [-0.39, 0.29) is 48.8 Å². The lowest BCUT2D eigenvalue weighted by Gasteiger charge is -2.42. The van der Waals surface area contributed by atoms with E-state index < -0.39 is 47.1 Å². The van der Waals surface area contributed by atoms with Gasteiger partial charge in [-0.3, -0.25) is 9.36 Å². The molecule has 1 aliphatic rings. The third kappa shape index (κ3) is 8.63. The van der Waals surface area contributed by atoms with Crippen LogP contribution in [0.4, 0.5) is 5.82 Å². The fourth-order valence-corrected chi connectivity index (χ4v) is 7.01. The summed E-state index contributed by atoms with van der Waals surface area (Å²) in [5, 5.41) is 11.5. The van der Waals surface area contributed by atoms with Gasteiger partial charge < -0.3 is 23.5 Å². The molecule has 11 nitrogen and oxygen atoms in total. The van der Waals surface area contributed by atoms with Crippen molar-refractivity contribution in [3.05, 3.63) is 22.7 Å². The van der Waals surface area contributed by atoms with Crippen LogP contribution in [0.2, 0.25) is 18.1 Å². The van der Waals surface area contributed by atoms with Crippen LogP contribution in [0.5, 0.6) is 0 Å². The van der Waals surface area contributed by atoms with Crippen molar-refractivity contribution in [2.75, 3.05) is 11.9 Å². The average Bonchev–Trinajstić information content (AvgIpc) is 3.13. The summed E-state index contributed by atoms with van der Waals surface area (Å²) in [5.74, 6) is -0.203. The number of carbonyl (C=O) groups is 1. The summed E-state index contributed by atoms with van der Waals surface area (Å²) in [6.45, 7) is 20.2. The highest BCUT2D eigenvalue weighted by Gasteiger charge is 2.52. The van der Waals surface area contributed by atoms with Crippen LogP contribution >= 0.6 is 8.53 Å². The lowest BCUT2D eigenvalue weighted by molar-refractivity contribution is -0.114. The number of nitrogens with zero attached hydrogens (tertiary/aromatic N) is 4. The molecule has 0 spiro atoms. The van der Waals surface area contributed by atoms with Gasteiger partial charge in [0.1, 0.15) is 18.0 Å². The average molecular weight is 585 g/mol. The van der Waals surface area contributed by atoms with Gasteiger partial charge >= 0.3 is 5.69 Å². The second-order valence-electron chi connectivity index (χ2n) is 11.7. The number of ether oxygens (including phenoxy) is 1. The fraction of sp³-hybridized carbons (Fsp3) is 0.769. The van der Waals surface area contributed by atoms with E-state index in [1.54, 1.807) is 0 Å². The molecule has 2 rings (SSSR count). The van der Waals surface area contributed by atoms with Gasteiger partial charge in [-0.05, 0) is 58.8 Å². The van der Waals surface area contributed by atoms with Gasteiger partial charge in [-0.15, -0.1) is 0 Å². The molecule has 39 heavy (non-hydrogen) atoms. The van der Waals surface area contributed by atoms with Crippen molar-refractivity contribution in [2.24, 2.45) is 0 Å². The van der Waals surface area contributed by atoms with Crippen molar-refractivity contribution < 1.29 is 24.4 Å². The van der Waals surface area contributed by atoms with E-state index in [1.165, 1.54) is 23.8 Å². The number of anilines is 1. The van der Waals surface area contributed by atoms with Crippen LogP contribution in [-0.2, 0) is 23.0 Å². The summed E-state index contributed by atoms with van der Waals surface area (Å²) in [7, 11) is -4.10. The predicted octanol–water partition coefficient (Wildman–Crippen LogP) is 5.17. The van der Waals surface area contributed by atoms with Gasteiger partial charge in [-0.2, -0.15) is 10.2 Å². The van der Waals surface area contributed by atoms with Crippen LogP contribution in [0.15, 0.2) is 17.1 Å². The number of rotatable bonds is 12. The van der Waals surface area contributed by atoms with E-state index in [0.29, 0.717) is 0 Å². The predicted molar refractivity (Wildman–Crippen MR) is 155 cm³/mol. The second-order valence-corrected chi connectivity index (χ2v) is 17.9. The van der Waals surface area contributed by atoms with E-state index in [0.717, 1.165) is 0 Å². The minimum atomic E-state index is -2.44. The van der Waals surface area contributed by atoms with Gasteiger partial charge in [0.15, 0.2) is 14.5 Å². The van der Waals surface area contributed by atoms with Crippen LogP contribution in [0.1, 0.15) is 76.3 Å². The summed E-state index contributed by atoms with van der Waals surface area (Å²) in [6, 6.07) is 3.79. The van der Waals surface area contributed by atoms with Crippen LogP contribution in [0, 0.1) is 11.3 Å². The van der Waals surface area contributed by atoms with E-state index >= 15 is 0 Å². The monoisotopic (exact) mass is 584 g/mol. The first-order valence-electron chi connectivity index (χ1n) is 14.0. The van der Waals surface area contributed by atoms with Crippen LogP contribution in [0.25, 0.3) is 0 Å². The maximum atomic E-state index is 13.1. The van der Waals surface area contributed by atoms with Gasteiger partial charge in [0, 0.05) is 26.6 Å². The first-order chi connectivity index (χ1) is 18.5. The SMILES string of the molecule is [2H]C[C@H]1O[C@@H](n2ccc(NC(C)=O)nc2=O)C(O[Si](C)(C)C(C)(C)C)[C@H]1OP(OCCC#N)N(C(C)C)C(C)C. The molecule has 0 aromatic carbocycles. The molecule has 1 fully saturated rings. The molecule has 1 aromatic rings. The molecule has 13 heteroatoms. The molecule has 2 unspecified atom stereocenters. The third-order valence-electron chi connectivity index (χ3n) is 6.80. The van der Waals surface area contributed by atoms with E-state index in [4.69, 9.17) is 24.8 Å². The molecule has 0 saturated carbocycles. The zero-order valence-corrected chi connectivity index (χ0v) is 26.8. The van der Waals surface area contributed by atoms with Crippen LogP contribution in [0.3, 0.4) is 0 Å². The van der Waals surface area contributed by atoms with E-state index in [2.05, 4.69) is 54.9 Å². The number of nitrogens with one attached hydrogen (secondary N) is 1. The summed E-state index contributed by atoms with van der Waals surface area (Å²) in [6.07, 6.45) is -1.38. The number of hydrogen-bond acceptors (Lipinski definition) is 9. The molecule has 220 valence electrons. The summed E-state index contributed by atoms with van der Waals surface area (Å²) in [5.41, 5.74) is -0.622. The summed E-state index contributed by atoms with van der Waals surface area (Å²) < 4.78 is 37.8. The number of hydrogen-bond donors (Lipinski definition) is 1. The van der Waals surface area contributed by atoms with Crippen molar-refractivity contribution in [3.63, 3.8) is 0 Å². The van der Waals surface area contributed by atoms with Crippen molar-refractivity contribution in [1.29, 1.82) is 5.26 Å². The Morgan fingerprint density at radius 1 is 1.33 bits per heavy atom. The zero-order valence-electron chi connectivity index (χ0n) is 25.9. The molecule has 5 atom stereocenters. The Morgan fingerprint density at radius 3 is 2.46 bits per heavy atom. The lowest BCUT2D eigenvalue weighted by Crippen LogP contribution is -2.50. The highest BCUT2D eigenvalue weighted by Crippen LogP contribution is 2.51. The van der Waals surface area contributed by atoms with Gasteiger partial charge in [0.25, 0.3) is 8.53 Å². The highest BCUT2D eigenvalue weighted by atomic mass is 31.2. The van der Waals surface area contributed by atoms with Gasteiger partial charge in [0.2, 0.25) is 5.91 Å². The zero-order chi connectivity index (χ0) is 30.4. The van der Waals surface area contributed by atoms with Gasteiger partial charge in [0.05, 0.1) is 25.2 Å². The maximum Gasteiger partial charge on any atom is 0.351 e. The highest BCUT2D eigenvalue weighted by molar-refractivity contribution is 7.44. The molecular weight excluding hydrogens is 537 g/mol. The number of carbonyl (C=O) groups excluding carboxylic acids is 1. The first-order valence-corrected chi connectivity index (χ1v) is 17.3. The maximum absolute atomic E-state index is 13.1. The molecule has 0 radical (unpaired) electrons. The molecule has 1 aromatic heterocycles. The van der Waals surface area contributed by atoms with Gasteiger partial charge in [-0.25, -0.2) is 9.46 Å². The summed E-state index contributed by atoms with van der Waals surface area (Å²) in [4.78, 5) is 28.6. The largest absolute Gasteiger partial charge is 0.407 e. The van der Waals surface area contributed by atoms with E-state index in [1.807, 2.05) is 27.7 Å². The third-order valence-corrected chi connectivity index (χ3v) is 13.4. The standard InChI is InChI=1S/C26H46N5O6PSi/c1-17(2)31(18(3)4)38(34-16-12-14-27)36-22-19(5)35-24(23(22)37-39(10,11)26(7,8)9)30-15-13-21(28-20(6)32)29-25(30)33/h13,15,17-19,22-24H,12,16H2,1-11H3,(H,28,29,32,33)/t19-,22+,23?,24-,38?/m1/s1/i5D. The quantitative estimate of drug-likeness (QED) is 0.201. The Bertz CT molecular complexity index is 1080. The van der Waals surface area contributed by atoms with Crippen molar-refractivity contribution in [1.82, 2.24) is 14.2 Å². The lowest BCUT2D eigenvalue weighted by atomic mass is 10.1.